The summed E-state index contributed by atoms with van der Waals surface area (Å²) in [5.74, 6) is 0.564. The third-order valence-electron chi connectivity index (χ3n) is 2.33. The van der Waals surface area contributed by atoms with Crippen molar-refractivity contribution in [1.29, 1.82) is 0 Å². The van der Waals surface area contributed by atoms with Crippen LogP contribution in [-0.4, -0.2) is 23.9 Å². The molecule has 0 bridgehead atoms. The van der Waals surface area contributed by atoms with Gasteiger partial charge in [-0.15, -0.1) is 0 Å². The highest BCUT2D eigenvalue weighted by Gasteiger charge is 2.15. The van der Waals surface area contributed by atoms with Crippen molar-refractivity contribution in [3.05, 3.63) is 21.7 Å². The molecule has 1 aromatic rings. The maximum atomic E-state index is 9.85. The molecular formula is C11H15BrO3. The Balaban J connectivity index is 3.32. The van der Waals surface area contributed by atoms with Gasteiger partial charge >= 0.3 is 0 Å². The molecule has 0 aliphatic carbocycles. The van der Waals surface area contributed by atoms with Gasteiger partial charge in [-0.3, -0.25) is 0 Å². The van der Waals surface area contributed by atoms with Gasteiger partial charge in [0.2, 0.25) is 0 Å². The van der Waals surface area contributed by atoms with E-state index in [-0.39, 0.29) is 12.4 Å². The first-order valence-corrected chi connectivity index (χ1v) is 5.63. The first-order valence-electron chi connectivity index (χ1n) is 4.83. The third-order valence-corrected chi connectivity index (χ3v) is 3.32. The number of rotatable bonds is 4. The highest BCUT2D eigenvalue weighted by atomic mass is 79.9. The zero-order valence-corrected chi connectivity index (χ0v) is 10.5. The van der Waals surface area contributed by atoms with E-state index in [1.165, 1.54) is 7.11 Å². The van der Waals surface area contributed by atoms with Crippen molar-refractivity contribution in [1.82, 2.24) is 0 Å². The van der Waals surface area contributed by atoms with Crippen LogP contribution in [0.25, 0.3) is 0 Å². The lowest BCUT2D eigenvalue weighted by molar-refractivity contribution is 0.295. The predicted octanol–water partition coefficient (Wildman–Crippen LogP) is 2.26. The van der Waals surface area contributed by atoms with E-state index in [1.54, 1.807) is 6.07 Å². The first-order chi connectivity index (χ1) is 7.15. The Morgan fingerprint density at radius 3 is 2.60 bits per heavy atom. The molecule has 3 nitrogen and oxygen atoms in total. The summed E-state index contributed by atoms with van der Waals surface area (Å²) in [6.07, 6.45) is 1.26. The number of ether oxygens (including phenoxy) is 1. The van der Waals surface area contributed by atoms with Crippen molar-refractivity contribution >= 4 is 15.9 Å². The molecule has 0 atom stereocenters. The van der Waals surface area contributed by atoms with Crippen molar-refractivity contribution < 1.29 is 14.9 Å². The van der Waals surface area contributed by atoms with Crippen molar-refractivity contribution in [2.75, 3.05) is 13.7 Å². The Hall–Kier alpha value is -0.740. The molecule has 0 saturated heterocycles. The Morgan fingerprint density at radius 2 is 2.13 bits per heavy atom. The fourth-order valence-electron chi connectivity index (χ4n) is 1.49. The second kappa shape index (κ2) is 5.37. The molecule has 4 heteroatoms. The summed E-state index contributed by atoms with van der Waals surface area (Å²) in [7, 11) is 1.52. The van der Waals surface area contributed by atoms with Crippen molar-refractivity contribution in [3.8, 4) is 11.5 Å². The van der Waals surface area contributed by atoms with E-state index in [1.807, 2.05) is 6.92 Å². The van der Waals surface area contributed by atoms with Gasteiger partial charge in [0.25, 0.3) is 0 Å². The first kappa shape index (κ1) is 12.3. The van der Waals surface area contributed by atoms with Crippen LogP contribution < -0.4 is 4.74 Å². The van der Waals surface area contributed by atoms with Gasteiger partial charge in [0.1, 0.15) is 0 Å². The molecule has 0 saturated carbocycles. The number of benzene rings is 1. The lowest BCUT2D eigenvalue weighted by Crippen LogP contribution is -1.98. The molecule has 84 valence electrons. The maximum absolute atomic E-state index is 9.85. The number of aliphatic hydroxyl groups is 1. The van der Waals surface area contributed by atoms with Crippen LogP contribution in [0.2, 0.25) is 0 Å². The van der Waals surface area contributed by atoms with Gasteiger partial charge in [0, 0.05) is 23.1 Å². The molecule has 0 amide bonds. The number of hydrogen-bond donors (Lipinski definition) is 2. The van der Waals surface area contributed by atoms with Crippen LogP contribution in [0.15, 0.2) is 10.5 Å². The summed E-state index contributed by atoms with van der Waals surface area (Å²) < 4.78 is 5.94. The molecule has 1 rings (SSSR count). The summed E-state index contributed by atoms with van der Waals surface area (Å²) >= 11 is 3.43. The molecule has 0 radical (unpaired) electrons. The van der Waals surface area contributed by atoms with E-state index in [2.05, 4.69) is 15.9 Å². The van der Waals surface area contributed by atoms with Crippen LogP contribution in [0.5, 0.6) is 11.5 Å². The van der Waals surface area contributed by atoms with Crippen molar-refractivity contribution in [3.63, 3.8) is 0 Å². The van der Waals surface area contributed by atoms with Gasteiger partial charge in [-0.1, -0.05) is 22.9 Å². The number of halogens is 1. The summed E-state index contributed by atoms with van der Waals surface area (Å²) in [6.45, 7) is 2.03. The number of aliphatic hydroxyl groups excluding tert-OH is 1. The Morgan fingerprint density at radius 1 is 1.47 bits per heavy atom. The van der Waals surface area contributed by atoms with E-state index < -0.39 is 0 Å². The minimum Gasteiger partial charge on any atom is -0.504 e. The lowest BCUT2D eigenvalue weighted by atomic mass is 10.0. The van der Waals surface area contributed by atoms with E-state index in [4.69, 9.17) is 9.84 Å². The van der Waals surface area contributed by atoms with Gasteiger partial charge in [0.05, 0.1) is 7.11 Å². The monoisotopic (exact) mass is 274 g/mol. The Kier molecular flexibility index (Phi) is 4.42. The highest BCUT2D eigenvalue weighted by Crippen LogP contribution is 2.38. The van der Waals surface area contributed by atoms with Crippen LogP contribution in [0.3, 0.4) is 0 Å². The quantitative estimate of drug-likeness (QED) is 0.886. The van der Waals surface area contributed by atoms with Crippen LogP contribution in [-0.2, 0) is 12.8 Å². The zero-order chi connectivity index (χ0) is 11.4. The Labute approximate surface area is 97.8 Å². The molecule has 2 N–H and O–H groups in total. The van der Waals surface area contributed by atoms with Gasteiger partial charge in [-0.05, 0) is 18.1 Å². The fraction of sp³-hybridized carbons (Fsp3) is 0.455. The summed E-state index contributed by atoms with van der Waals surface area (Å²) in [6, 6.07) is 1.81. The largest absolute Gasteiger partial charge is 0.504 e. The zero-order valence-electron chi connectivity index (χ0n) is 8.88. The van der Waals surface area contributed by atoms with Gasteiger partial charge in [-0.25, -0.2) is 0 Å². The summed E-state index contributed by atoms with van der Waals surface area (Å²) in [5.41, 5.74) is 1.77. The maximum Gasteiger partial charge on any atom is 0.162 e. The molecule has 0 spiro atoms. The molecule has 0 unspecified atom stereocenters. The molecule has 0 heterocycles. The van der Waals surface area contributed by atoms with Crippen LogP contribution >= 0.6 is 15.9 Å². The van der Waals surface area contributed by atoms with E-state index >= 15 is 0 Å². The third kappa shape index (κ3) is 2.44. The lowest BCUT2D eigenvalue weighted by Gasteiger charge is -2.13. The highest BCUT2D eigenvalue weighted by molar-refractivity contribution is 9.10. The number of phenols is 1. The number of methoxy groups -OCH3 is 1. The summed E-state index contributed by atoms with van der Waals surface area (Å²) in [5, 5.41) is 18.8. The molecule has 15 heavy (non-hydrogen) atoms. The molecule has 0 aliphatic heterocycles. The molecule has 0 aromatic heterocycles. The van der Waals surface area contributed by atoms with E-state index in [0.717, 1.165) is 16.5 Å². The molecule has 0 fully saturated rings. The smallest absolute Gasteiger partial charge is 0.162 e. The second-order valence-electron chi connectivity index (χ2n) is 3.21. The van der Waals surface area contributed by atoms with Crippen molar-refractivity contribution in [2.45, 2.75) is 19.8 Å². The standard InChI is InChI=1S/C11H15BrO3/c1-3-7-6-9(15-2)11(14)8(4-5-13)10(7)12/h6,13-14H,3-5H2,1-2H3. The van der Waals surface area contributed by atoms with Crippen molar-refractivity contribution in [2.24, 2.45) is 0 Å². The predicted molar refractivity (Wildman–Crippen MR) is 62.5 cm³/mol. The fourth-order valence-corrected chi connectivity index (χ4v) is 2.27. The molecule has 0 aliphatic rings. The van der Waals surface area contributed by atoms with E-state index in [9.17, 15) is 5.11 Å². The number of hydrogen-bond acceptors (Lipinski definition) is 3. The number of aromatic hydroxyl groups is 1. The Bertz CT molecular complexity index is 322. The van der Waals surface area contributed by atoms with Crippen LogP contribution in [0, 0.1) is 0 Å². The topological polar surface area (TPSA) is 49.7 Å². The second-order valence-corrected chi connectivity index (χ2v) is 4.00. The van der Waals surface area contributed by atoms with Gasteiger partial charge < -0.3 is 14.9 Å². The average molecular weight is 275 g/mol. The normalized spacial score (nSPS) is 10.4. The molecule has 1 aromatic carbocycles. The average Bonchev–Trinajstić information content (AvgIpc) is 2.25. The number of aryl methyl sites for hydroxylation is 1. The minimum atomic E-state index is 0.00246. The minimum absolute atomic E-state index is 0.00246. The molecular weight excluding hydrogens is 260 g/mol. The van der Waals surface area contributed by atoms with Crippen LogP contribution in [0.1, 0.15) is 18.1 Å². The van der Waals surface area contributed by atoms with Gasteiger partial charge in [0.15, 0.2) is 11.5 Å². The van der Waals surface area contributed by atoms with Crippen LogP contribution in [0.4, 0.5) is 0 Å². The summed E-state index contributed by atoms with van der Waals surface area (Å²) in [4.78, 5) is 0. The van der Waals surface area contributed by atoms with Gasteiger partial charge in [-0.2, -0.15) is 0 Å². The SMILES string of the molecule is CCc1cc(OC)c(O)c(CCO)c1Br. The van der Waals surface area contributed by atoms with E-state index in [0.29, 0.717) is 17.7 Å². The number of phenolic OH excluding ortho intramolecular Hbond substituents is 1.